The van der Waals surface area contributed by atoms with Crippen molar-refractivity contribution in [3.05, 3.63) is 116 Å². The van der Waals surface area contributed by atoms with Gasteiger partial charge in [-0.3, -0.25) is 4.98 Å². The van der Waals surface area contributed by atoms with Gasteiger partial charge in [0.1, 0.15) is 5.82 Å². The molecule has 0 N–H and O–H groups in total. The molecular weight excluding hydrogens is 726 g/mol. The third-order valence-electron chi connectivity index (χ3n) is 7.88. The standard InChI is InChI=1S/C37H34N5O.Pt/c1-36(2,3)25-16-19-39-35(20-25)42-31-13-8-7-12-29(31)30-15-14-28(22-33(30)42)43-27-11-9-10-26(21-27)40-24-41(37(4,5)6)34-23-38-18-17-32(34)40;/h7-20,23-24H,1-6H3;/q-3;. The average Bonchev–Trinajstić information content (AvgIpc) is 3.53. The number of rotatable bonds is 4. The van der Waals surface area contributed by atoms with Crippen LogP contribution in [0.15, 0.2) is 91.4 Å². The van der Waals surface area contributed by atoms with Gasteiger partial charge in [-0.25, -0.2) is 4.98 Å². The molecule has 3 aromatic heterocycles. The molecule has 7 rings (SSSR count). The van der Waals surface area contributed by atoms with Crippen molar-refractivity contribution in [2.24, 2.45) is 0 Å². The number of hydrogen-bond acceptors (Lipinski definition) is 5. The Balaban J connectivity index is 0.00000343. The summed E-state index contributed by atoms with van der Waals surface area (Å²) in [6, 6.07) is 31.8. The largest absolute Gasteiger partial charge is 0.509 e. The van der Waals surface area contributed by atoms with Gasteiger partial charge in [0.2, 0.25) is 0 Å². The van der Waals surface area contributed by atoms with Crippen LogP contribution in [0.5, 0.6) is 11.5 Å². The zero-order chi connectivity index (χ0) is 29.9. The van der Waals surface area contributed by atoms with Crippen LogP contribution < -0.4 is 14.5 Å². The fourth-order valence-corrected chi connectivity index (χ4v) is 5.67. The molecule has 0 spiro atoms. The van der Waals surface area contributed by atoms with Gasteiger partial charge in [-0.1, -0.05) is 44.5 Å². The first kappa shape index (κ1) is 29.9. The van der Waals surface area contributed by atoms with Gasteiger partial charge in [0.05, 0.1) is 0 Å². The Hall–Kier alpha value is -4.15. The van der Waals surface area contributed by atoms with Crippen LogP contribution >= 0.6 is 0 Å². The van der Waals surface area contributed by atoms with E-state index in [4.69, 9.17) is 9.72 Å². The van der Waals surface area contributed by atoms with Gasteiger partial charge in [0, 0.05) is 73.6 Å². The van der Waals surface area contributed by atoms with Crippen molar-refractivity contribution in [1.82, 2.24) is 14.5 Å². The van der Waals surface area contributed by atoms with E-state index >= 15 is 0 Å². The van der Waals surface area contributed by atoms with Gasteiger partial charge >= 0.3 is 0 Å². The molecule has 6 aromatic rings. The number of aromatic nitrogens is 3. The van der Waals surface area contributed by atoms with Crippen LogP contribution in [0.1, 0.15) is 47.1 Å². The molecule has 226 valence electrons. The number of fused-ring (bicyclic) bond motifs is 4. The van der Waals surface area contributed by atoms with E-state index in [9.17, 15) is 0 Å². The molecule has 0 atom stereocenters. The SMILES string of the molecule is CC(C)(C)c1ccnc(-n2c3[c-]c(Oc4[c-]c(N5[CH-]N(C(C)(C)C)c6cnccc65)ccc4)ccc3c3ccccc32)c1.[Pt]. The van der Waals surface area contributed by atoms with Crippen LogP contribution in [0, 0.1) is 18.8 Å². The fourth-order valence-electron chi connectivity index (χ4n) is 5.67. The number of pyridine rings is 2. The minimum Gasteiger partial charge on any atom is -0.509 e. The Kier molecular flexibility index (Phi) is 7.53. The molecule has 0 radical (unpaired) electrons. The first-order valence-electron chi connectivity index (χ1n) is 14.6. The molecular formula is C37H34N5OPt-3. The monoisotopic (exact) mass is 759 g/mol. The Morgan fingerprint density at radius 2 is 1.57 bits per heavy atom. The molecule has 3 aromatic carbocycles. The molecule has 0 bridgehead atoms. The number of benzene rings is 3. The summed E-state index contributed by atoms with van der Waals surface area (Å²) in [7, 11) is 0. The number of para-hydroxylation sites is 1. The summed E-state index contributed by atoms with van der Waals surface area (Å²) >= 11 is 0. The van der Waals surface area contributed by atoms with Crippen molar-refractivity contribution in [2.75, 3.05) is 9.80 Å². The van der Waals surface area contributed by atoms with Crippen LogP contribution in [0.25, 0.3) is 27.6 Å². The average molecular weight is 760 g/mol. The zero-order valence-electron chi connectivity index (χ0n) is 25.7. The first-order valence-corrected chi connectivity index (χ1v) is 14.6. The fraction of sp³-hybridized carbons (Fsp3) is 0.216. The van der Waals surface area contributed by atoms with Crippen LogP contribution in [0.4, 0.5) is 17.1 Å². The summed E-state index contributed by atoms with van der Waals surface area (Å²) < 4.78 is 8.60. The van der Waals surface area contributed by atoms with Crippen LogP contribution in [0.2, 0.25) is 0 Å². The van der Waals surface area contributed by atoms with Crippen molar-refractivity contribution in [1.29, 1.82) is 0 Å². The molecule has 1 aliphatic heterocycles. The predicted molar refractivity (Wildman–Crippen MR) is 174 cm³/mol. The second kappa shape index (κ2) is 11.1. The molecule has 1 aliphatic rings. The molecule has 0 unspecified atom stereocenters. The van der Waals surface area contributed by atoms with Crippen molar-refractivity contribution >= 4 is 38.9 Å². The Bertz CT molecular complexity index is 1980. The van der Waals surface area contributed by atoms with Gasteiger partial charge in [-0.05, 0) is 61.4 Å². The van der Waals surface area contributed by atoms with E-state index in [-0.39, 0.29) is 32.0 Å². The number of anilines is 3. The van der Waals surface area contributed by atoms with E-state index < -0.39 is 0 Å². The normalized spacial score (nSPS) is 13.3. The van der Waals surface area contributed by atoms with Gasteiger partial charge in [-0.2, -0.15) is 18.8 Å². The Labute approximate surface area is 273 Å². The second-order valence-corrected chi connectivity index (χ2v) is 13.0. The Morgan fingerprint density at radius 1 is 0.773 bits per heavy atom. The minimum atomic E-state index is -0.106. The summed E-state index contributed by atoms with van der Waals surface area (Å²) in [4.78, 5) is 13.5. The summed E-state index contributed by atoms with van der Waals surface area (Å²) in [5.74, 6) is 2.09. The van der Waals surface area contributed by atoms with Crippen LogP contribution in [-0.4, -0.2) is 20.1 Å². The zero-order valence-corrected chi connectivity index (χ0v) is 28.0. The van der Waals surface area contributed by atoms with Crippen molar-refractivity contribution in [3.63, 3.8) is 0 Å². The van der Waals surface area contributed by atoms with E-state index in [0.717, 1.165) is 44.7 Å². The van der Waals surface area contributed by atoms with E-state index in [2.05, 4.69) is 122 Å². The number of ether oxygens (including phenoxy) is 1. The maximum absolute atomic E-state index is 6.42. The van der Waals surface area contributed by atoms with Gasteiger partial charge in [0.25, 0.3) is 0 Å². The molecule has 6 nitrogen and oxygen atoms in total. The third-order valence-corrected chi connectivity index (χ3v) is 7.88. The number of hydrogen-bond donors (Lipinski definition) is 0. The van der Waals surface area contributed by atoms with E-state index in [1.807, 2.05) is 48.9 Å². The number of nitrogens with zero attached hydrogens (tertiary/aromatic N) is 5. The molecule has 4 heterocycles. The minimum absolute atomic E-state index is 0. The molecule has 0 saturated carbocycles. The molecule has 7 heteroatoms. The van der Waals surface area contributed by atoms with Crippen LogP contribution in [-0.2, 0) is 26.5 Å². The maximum atomic E-state index is 6.42. The summed E-state index contributed by atoms with van der Waals surface area (Å²) in [6.07, 6.45) is 5.62. The van der Waals surface area contributed by atoms with Crippen molar-refractivity contribution < 1.29 is 25.8 Å². The topological polar surface area (TPSA) is 46.4 Å². The smallest absolute Gasteiger partial charge is 0.135 e. The van der Waals surface area contributed by atoms with E-state index in [0.29, 0.717) is 11.5 Å². The third kappa shape index (κ3) is 5.26. The molecule has 44 heavy (non-hydrogen) atoms. The second-order valence-electron chi connectivity index (χ2n) is 13.0. The molecule has 0 fully saturated rings. The quantitative estimate of drug-likeness (QED) is 0.168. The van der Waals surface area contributed by atoms with Crippen LogP contribution in [0.3, 0.4) is 0 Å². The molecule has 0 saturated heterocycles. The van der Waals surface area contributed by atoms with Gasteiger partial charge in [-0.15, -0.1) is 41.4 Å². The summed E-state index contributed by atoms with van der Waals surface area (Å²) in [5, 5.41) is 2.25. The Morgan fingerprint density at radius 3 is 2.36 bits per heavy atom. The summed E-state index contributed by atoms with van der Waals surface area (Å²) in [5.41, 5.74) is 6.13. The molecule has 0 aliphatic carbocycles. The van der Waals surface area contributed by atoms with Gasteiger partial charge in [0.15, 0.2) is 0 Å². The summed E-state index contributed by atoms with van der Waals surface area (Å²) in [6.45, 7) is 15.3. The predicted octanol–water partition coefficient (Wildman–Crippen LogP) is 9.14. The van der Waals surface area contributed by atoms with E-state index in [1.54, 1.807) is 0 Å². The molecule has 0 amide bonds. The van der Waals surface area contributed by atoms with Crippen molar-refractivity contribution in [3.8, 4) is 17.3 Å². The van der Waals surface area contributed by atoms with Gasteiger partial charge < -0.3 is 19.1 Å². The van der Waals surface area contributed by atoms with E-state index in [1.165, 1.54) is 5.56 Å². The maximum Gasteiger partial charge on any atom is 0.135 e. The first-order chi connectivity index (χ1) is 20.6. The van der Waals surface area contributed by atoms with Crippen molar-refractivity contribution in [2.45, 2.75) is 52.5 Å².